The number of carbonyl (C=O) groups is 2. The maximum Gasteiger partial charge on any atom is 0.305 e. The number of aliphatic hydroxyl groups is 1. The van der Waals surface area contributed by atoms with Crippen LogP contribution >= 0.6 is 0 Å². The van der Waals surface area contributed by atoms with Gasteiger partial charge in [-0.1, -0.05) is 182 Å². The zero-order valence-electron chi connectivity index (χ0n) is 32.9. The van der Waals surface area contributed by atoms with E-state index in [0.717, 1.165) is 89.9 Å². The molecule has 0 aromatic carbocycles. The Labute approximate surface area is 299 Å². The molecule has 0 fully saturated rings. The van der Waals surface area contributed by atoms with Crippen molar-refractivity contribution in [2.24, 2.45) is 11.8 Å². The highest BCUT2D eigenvalue weighted by molar-refractivity contribution is 5.69. The van der Waals surface area contributed by atoms with Gasteiger partial charge in [0.2, 0.25) is 0 Å². The fraction of sp³-hybridized carbons (Fsp3) is 0.953. The minimum atomic E-state index is -0.199. The lowest BCUT2D eigenvalue weighted by Gasteiger charge is -2.16. The first-order valence-electron chi connectivity index (χ1n) is 21.5. The number of ether oxygens (including phenoxy) is 2. The van der Waals surface area contributed by atoms with Gasteiger partial charge in [-0.15, -0.1) is 0 Å². The van der Waals surface area contributed by atoms with Gasteiger partial charge in [-0.25, -0.2) is 0 Å². The van der Waals surface area contributed by atoms with Crippen LogP contribution in [0.1, 0.15) is 233 Å². The van der Waals surface area contributed by atoms with Gasteiger partial charge in [0.15, 0.2) is 0 Å². The number of rotatable bonds is 38. The zero-order valence-corrected chi connectivity index (χ0v) is 32.9. The first-order chi connectivity index (χ1) is 23.5. The molecule has 0 saturated carbocycles. The van der Waals surface area contributed by atoms with E-state index in [0.29, 0.717) is 37.9 Å². The van der Waals surface area contributed by atoms with E-state index in [1.807, 2.05) is 0 Å². The molecule has 0 aliphatic rings. The van der Waals surface area contributed by atoms with Gasteiger partial charge in [0.1, 0.15) is 0 Å². The SMILES string of the molecule is CCCCCC(CCCCC)CCOC(=O)CCCCCCCC(O)CCCCCCCC(=O)OCCC(CCCCC)CCCCC. The standard InChI is InChI=1S/C43H84O5/c1-5-9-19-27-39(28-20-10-6-2)35-37-47-42(45)33-25-17-13-15-23-31-41(44)32-24-16-14-18-26-34-43(46)48-38-36-40(29-21-11-7-3)30-22-12-8-4/h39-41,44H,5-38H2,1-4H3. The lowest BCUT2D eigenvalue weighted by atomic mass is 9.92. The topological polar surface area (TPSA) is 72.8 Å². The summed E-state index contributed by atoms with van der Waals surface area (Å²) in [5, 5.41) is 10.4. The van der Waals surface area contributed by atoms with E-state index in [-0.39, 0.29) is 18.0 Å². The van der Waals surface area contributed by atoms with Crippen molar-refractivity contribution in [2.45, 2.75) is 239 Å². The Bertz CT molecular complexity index is 604. The molecule has 1 N–H and O–H groups in total. The van der Waals surface area contributed by atoms with Crippen molar-refractivity contribution < 1.29 is 24.2 Å². The summed E-state index contributed by atoms with van der Waals surface area (Å²) in [6.07, 6.45) is 35.9. The third-order valence-corrected chi connectivity index (χ3v) is 10.3. The summed E-state index contributed by atoms with van der Waals surface area (Å²) in [6, 6.07) is 0. The monoisotopic (exact) mass is 681 g/mol. The maximum atomic E-state index is 12.2. The molecule has 0 heterocycles. The predicted octanol–water partition coefficient (Wildman–Crippen LogP) is 13.2. The Kier molecular flexibility index (Phi) is 36.3. The summed E-state index contributed by atoms with van der Waals surface area (Å²) in [6.45, 7) is 10.2. The second-order valence-corrected chi connectivity index (χ2v) is 15.0. The van der Waals surface area contributed by atoms with E-state index in [4.69, 9.17) is 9.47 Å². The van der Waals surface area contributed by atoms with Crippen LogP contribution in [0, 0.1) is 11.8 Å². The highest BCUT2D eigenvalue weighted by Gasteiger charge is 2.12. The van der Waals surface area contributed by atoms with Crippen LogP contribution in [0.25, 0.3) is 0 Å². The Balaban J connectivity index is 3.69. The van der Waals surface area contributed by atoms with Gasteiger partial charge in [-0.2, -0.15) is 0 Å². The quantitative estimate of drug-likeness (QED) is 0.0519. The molecule has 0 atom stereocenters. The number of unbranched alkanes of at least 4 members (excludes halogenated alkanes) is 16. The lowest BCUT2D eigenvalue weighted by molar-refractivity contribution is -0.145. The van der Waals surface area contributed by atoms with E-state index in [1.54, 1.807) is 0 Å². The number of aliphatic hydroxyl groups excluding tert-OH is 1. The van der Waals surface area contributed by atoms with Crippen molar-refractivity contribution in [3.05, 3.63) is 0 Å². The molecule has 0 aromatic heterocycles. The van der Waals surface area contributed by atoms with E-state index in [2.05, 4.69) is 27.7 Å². The lowest BCUT2D eigenvalue weighted by Crippen LogP contribution is -2.10. The van der Waals surface area contributed by atoms with Gasteiger partial charge in [0, 0.05) is 12.8 Å². The Morgan fingerprint density at radius 2 is 0.688 bits per heavy atom. The van der Waals surface area contributed by atoms with E-state index >= 15 is 0 Å². The molecule has 286 valence electrons. The van der Waals surface area contributed by atoms with Crippen molar-refractivity contribution in [3.63, 3.8) is 0 Å². The van der Waals surface area contributed by atoms with Crippen LogP contribution in [-0.4, -0.2) is 36.4 Å². The molecule has 0 spiro atoms. The predicted molar refractivity (Wildman–Crippen MR) is 205 cm³/mol. The molecule has 0 bridgehead atoms. The van der Waals surface area contributed by atoms with Crippen LogP contribution in [0.2, 0.25) is 0 Å². The second-order valence-electron chi connectivity index (χ2n) is 15.0. The molecule has 0 aromatic rings. The summed E-state index contributed by atoms with van der Waals surface area (Å²) in [5.41, 5.74) is 0. The fourth-order valence-electron chi connectivity index (χ4n) is 6.92. The third-order valence-electron chi connectivity index (χ3n) is 10.3. The molecular weight excluding hydrogens is 596 g/mol. The highest BCUT2D eigenvalue weighted by atomic mass is 16.5. The number of carbonyl (C=O) groups excluding carboxylic acids is 2. The normalized spacial score (nSPS) is 11.7. The highest BCUT2D eigenvalue weighted by Crippen LogP contribution is 2.23. The van der Waals surface area contributed by atoms with Gasteiger partial charge in [0.05, 0.1) is 19.3 Å². The Hall–Kier alpha value is -1.10. The van der Waals surface area contributed by atoms with Gasteiger partial charge in [-0.3, -0.25) is 9.59 Å². The molecule has 48 heavy (non-hydrogen) atoms. The Morgan fingerprint density at radius 1 is 0.396 bits per heavy atom. The van der Waals surface area contributed by atoms with Crippen LogP contribution in [0.5, 0.6) is 0 Å². The fourth-order valence-corrected chi connectivity index (χ4v) is 6.92. The van der Waals surface area contributed by atoms with Crippen molar-refractivity contribution >= 4 is 11.9 Å². The van der Waals surface area contributed by atoms with E-state index < -0.39 is 0 Å². The van der Waals surface area contributed by atoms with Crippen molar-refractivity contribution in [1.29, 1.82) is 0 Å². The summed E-state index contributed by atoms with van der Waals surface area (Å²) in [7, 11) is 0. The molecule has 5 nitrogen and oxygen atoms in total. The third kappa shape index (κ3) is 33.4. The average Bonchev–Trinajstić information content (AvgIpc) is 3.07. The minimum Gasteiger partial charge on any atom is -0.466 e. The molecule has 0 aliphatic heterocycles. The van der Waals surface area contributed by atoms with Crippen molar-refractivity contribution in [2.75, 3.05) is 13.2 Å². The molecule has 5 heteroatoms. The number of esters is 2. The second kappa shape index (κ2) is 37.2. The Morgan fingerprint density at radius 3 is 1.02 bits per heavy atom. The van der Waals surface area contributed by atoms with Crippen LogP contribution in [0.15, 0.2) is 0 Å². The largest absolute Gasteiger partial charge is 0.466 e. The zero-order chi connectivity index (χ0) is 35.3. The smallest absolute Gasteiger partial charge is 0.305 e. The van der Waals surface area contributed by atoms with Crippen LogP contribution < -0.4 is 0 Å². The van der Waals surface area contributed by atoms with Crippen molar-refractivity contribution in [1.82, 2.24) is 0 Å². The summed E-state index contributed by atoms with van der Waals surface area (Å²) >= 11 is 0. The molecular formula is C43H84O5. The molecule has 0 unspecified atom stereocenters. The molecule has 0 rings (SSSR count). The maximum absolute atomic E-state index is 12.2. The first kappa shape index (κ1) is 46.9. The van der Waals surface area contributed by atoms with Gasteiger partial charge >= 0.3 is 11.9 Å². The first-order valence-corrected chi connectivity index (χ1v) is 21.5. The molecule has 0 aliphatic carbocycles. The van der Waals surface area contributed by atoms with Crippen molar-refractivity contribution in [3.8, 4) is 0 Å². The van der Waals surface area contributed by atoms with Crippen LogP contribution in [0.3, 0.4) is 0 Å². The molecule has 0 radical (unpaired) electrons. The molecule has 0 amide bonds. The van der Waals surface area contributed by atoms with E-state index in [1.165, 1.54) is 103 Å². The van der Waals surface area contributed by atoms with E-state index in [9.17, 15) is 14.7 Å². The van der Waals surface area contributed by atoms with Crippen LogP contribution in [0.4, 0.5) is 0 Å². The average molecular weight is 681 g/mol. The molecule has 0 saturated heterocycles. The van der Waals surface area contributed by atoms with Crippen LogP contribution in [-0.2, 0) is 19.1 Å². The summed E-state index contributed by atoms with van der Waals surface area (Å²) in [4.78, 5) is 24.4. The summed E-state index contributed by atoms with van der Waals surface area (Å²) in [5.74, 6) is 1.37. The number of hydrogen-bond donors (Lipinski definition) is 1. The minimum absolute atomic E-state index is 0.0269. The van der Waals surface area contributed by atoms with Gasteiger partial charge in [-0.05, 0) is 50.4 Å². The van der Waals surface area contributed by atoms with Gasteiger partial charge < -0.3 is 14.6 Å². The number of hydrogen-bond acceptors (Lipinski definition) is 5. The summed E-state index contributed by atoms with van der Waals surface area (Å²) < 4.78 is 11.2. The van der Waals surface area contributed by atoms with Gasteiger partial charge in [0.25, 0.3) is 0 Å².